The molecule has 0 aliphatic rings. The Morgan fingerprint density at radius 3 is 2.89 bits per heavy atom. The van der Waals surface area contributed by atoms with E-state index in [0.717, 1.165) is 0 Å². The van der Waals surface area contributed by atoms with E-state index in [-0.39, 0.29) is 12.3 Å². The number of ether oxygens (including phenoxy) is 1. The van der Waals surface area contributed by atoms with Crippen LogP contribution in [-0.4, -0.2) is 16.2 Å². The molecular formula is C12H10ClNO4. The number of halogens is 1. The van der Waals surface area contributed by atoms with Crippen LogP contribution >= 0.6 is 11.6 Å². The molecule has 0 saturated heterocycles. The molecule has 1 N–H and O–H groups in total. The van der Waals surface area contributed by atoms with Crippen molar-refractivity contribution in [3.63, 3.8) is 0 Å². The largest absolute Gasteiger partial charge is 0.487 e. The van der Waals surface area contributed by atoms with E-state index in [0.29, 0.717) is 22.1 Å². The lowest BCUT2D eigenvalue weighted by atomic mass is 10.2. The van der Waals surface area contributed by atoms with Crippen molar-refractivity contribution in [3.8, 4) is 5.75 Å². The summed E-state index contributed by atoms with van der Waals surface area (Å²) in [5.74, 6) is -0.250. The maximum absolute atomic E-state index is 10.9. The molecule has 0 atom stereocenters. The third-order valence-corrected chi connectivity index (χ3v) is 2.71. The van der Waals surface area contributed by atoms with Gasteiger partial charge < -0.3 is 14.4 Å². The smallest absolute Gasteiger partial charge is 0.358 e. The van der Waals surface area contributed by atoms with E-state index < -0.39 is 5.97 Å². The number of hydrogen-bond donors (Lipinski definition) is 1. The van der Waals surface area contributed by atoms with Crippen LogP contribution in [0.15, 0.2) is 28.8 Å². The third-order valence-electron chi connectivity index (χ3n) is 2.40. The van der Waals surface area contributed by atoms with Crippen molar-refractivity contribution in [2.24, 2.45) is 0 Å². The van der Waals surface area contributed by atoms with Gasteiger partial charge in [-0.2, -0.15) is 0 Å². The highest BCUT2D eigenvalue weighted by molar-refractivity contribution is 6.32. The predicted octanol–water partition coefficient (Wildman–Crippen LogP) is 2.91. The van der Waals surface area contributed by atoms with Gasteiger partial charge in [-0.15, -0.1) is 0 Å². The monoisotopic (exact) mass is 267 g/mol. The number of benzene rings is 1. The van der Waals surface area contributed by atoms with Crippen molar-refractivity contribution < 1.29 is 19.2 Å². The van der Waals surface area contributed by atoms with Gasteiger partial charge >= 0.3 is 5.97 Å². The molecule has 0 bridgehead atoms. The highest BCUT2D eigenvalue weighted by Crippen LogP contribution is 2.25. The fourth-order valence-electron chi connectivity index (χ4n) is 1.44. The molecule has 6 heteroatoms. The van der Waals surface area contributed by atoms with Gasteiger partial charge in [0.15, 0.2) is 5.69 Å². The number of aromatic carboxylic acids is 1. The molecule has 0 spiro atoms. The SMILES string of the molecule is Cc1onc(C(=O)O)c1COc1ccccc1Cl. The van der Waals surface area contributed by atoms with E-state index in [4.69, 9.17) is 26.0 Å². The molecule has 2 aromatic rings. The number of hydrogen-bond acceptors (Lipinski definition) is 4. The van der Waals surface area contributed by atoms with Crippen molar-refractivity contribution >= 4 is 17.6 Å². The summed E-state index contributed by atoms with van der Waals surface area (Å²) in [6, 6.07) is 6.95. The Morgan fingerprint density at radius 1 is 1.50 bits per heavy atom. The van der Waals surface area contributed by atoms with Gasteiger partial charge in [-0.3, -0.25) is 0 Å². The van der Waals surface area contributed by atoms with Crippen molar-refractivity contribution in [2.75, 3.05) is 0 Å². The summed E-state index contributed by atoms with van der Waals surface area (Å²) in [6.45, 7) is 1.67. The van der Waals surface area contributed by atoms with Crippen molar-refractivity contribution in [1.82, 2.24) is 5.16 Å². The first-order chi connectivity index (χ1) is 8.59. The Kier molecular flexibility index (Phi) is 3.53. The Labute approximate surface area is 108 Å². The average molecular weight is 268 g/mol. The van der Waals surface area contributed by atoms with Crippen LogP contribution in [-0.2, 0) is 6.61 Å². The minimum atomic E-state index is -1.15. The van der Waals surface area contributed by atoms with E-state index in [9.17, 15) is 4.79 Å². The molecule has 0 amide bonds. The summed E-state index contributed by atoms with van der Waals surface area (Å²) in [5, 5.41) is 12.9. The molecule has 1 heterocycles. The normalized spacial score (nSPS) is 10.3. The first-order valence-corrected chi connectivity index (χ1v) is 5.53. The molecule has 94 valence electrons. The zero-order chi connectivity index (χ0) is 13.1. The van der Waals surface area contributed by atoms with Crippen LogP contribution < -0.4 is 4.74 Å². The number of para-hydroxylation sites is 1. The van der Waals surface area contributed by atoms with Gasteiger partial charge in [0.05, 0.1) is 10.6 Å². The summed E-state index contributed by atoms with van der Waals surface area (Å²) < 4.78 is 10.3. The van der Waals surface area contributed by atoms with Crippen LogP contribution in [0.5, 0.6) is 5.75 Å². The predicted molar refractivity (Wildman–Crippen MR) is 64.0 cm³/mol. The van der Waals surface area contributed by atoms with Gasteiger partial charge in [0.25, 0.3) is 0 Å². The van der Waals surface area contributed by atoms with Crippen LogP contribution in [0.1, 0.15) is 21.8 Å². The minimum Gasteiger partial charge on any atom is -0.487 e. The fourth-order valence-corrected chi connectivity index (χ4v) is 1.63. The van der Waals surface area contributed by atoms with Gasteiger partial charge in [0.2, 0.25) is 0 Å². The molecule has 0 radical (unpaired) electrons. The number of nitrogens with zero attached hydrogens (tertiary/aromatic N) is 1. The highest BCUT2D eigenvalue weighted by Gasteiger charge is 2.19. The molecule has 1 aromatic carbocycles. The van der Waals surface area contributed by atoms with Crippen molar-refractivity contribution in [2.45, 2.75) is 13.5 Å². The number of rotatable bonds is 4. The lowest BCUT2D eigenvalue weighted by molar-refractivity contribution is 0.0683. The molecule has 1 aromatic heterocycles. The van der Waals surface area contributed by atoms with Gasteiger partial charge in [-0.05, 0) is 19.1 Å². The maximum Gasteiger partial charge on any atom is 0.358 e. The van der Waals surface area contributed by atoms with Crippen LogP contribution in [0.25, 0.3) is 0 Å². The van der Waals surface area contributed by atoms with Gasteiger partial charge in [0.1, 0.15) is 18.1 Å². The van der Waals surface area contributed by atoms with E-state index in [1.54, 1.807) is 31.2 Å². The Balaban J connectivity index is 2.18. The lowest BCUT2D eigenvalue weighted by Crippen LogP contribution is -2.05. The van der Waals surface area contributed by atoms with Crippen LogP contribution in [0.2, 0.25) is 5.02 Å². The van der Waals surface area contributed by atoms with E-state index in [1.807, 2.05) is 0 Å². The van der Waals surface area contributed by atoms with E-state index >= 15 is 0 Å². The molecule has 0 aliphatic carbocycles. The highest BCUT2D eigenvalue weighted by atomic mass is 35.5. The summed E-state index contributed by atoms with van der Waals surface area (Å²) in [7, 11) is 0. The quantitative estimate of drug-likeness (QED) is 0.922. The number of aromatic nitrogens is 1. The van der Waals surface area contributed by atoms with Crippen molar-refractivity contribution in [3.05, 3.63) is 46.3 Å². The molecule has 2 rings (SSSR count). The van der Waals surface area contributed by atoms with Crippen LogP contribution in [0, 0.1) is 6.92 Å². The average Bonchev–Trinajstić information content (AvgIpc) is 2.70. The van der Waals surface area contributed by atoms with Crippen molar-refractivity contribution in [1.29, 1.82) is 0 Å². The second-order valence-corrected chi connectivity index (χ2v) is 4.00. The maximum atomic E-state index is 10.9. The third kappa shape index (κ3) is 2.46. The molecule has 0 unspecified atom stereocenters. The Morgan fingerprint density at radius 2 is 2.22 bits per heavy atom. The minimum absolute atomic E-state index is 0.0424. The summed E-state index contributed by atoms with van der Waals surface area (Å²) >= 11 is 5.93. The lowest BCUT2D eigenvalue weighted by Gasteiger charge is -2.06. The molecular weight excluding hydrogens is 258 g/mol. The topological polar surface area (TPSA) is 72.6 Å². The molecule has 5 nitrogen and oxygen atoms in total. The molecule has 0 saturated carbocycles. The second kappa shape index (κ2) is 5.10. The van der Waals surface area contributed by atoms with Crippen LogP contribution in [0.3, 0.4) is 0 Å². The molecule has 18 heavy (non-hydrogen) atoms. The van der Waals surface area contributed by atoms with Gasteiger partial charge in [0, 0.05) is 0 Å². The standard InChI is InChI=1S/C12H10ClNO4/c1-7-8(11(12(15)16)14-18-7)6-17-10-5-3-2-4-9(10)13/h2-5H,6H2,1H3,(H,15,16). The Hall–Kier alpha value is -2.01. The van der Waals surface area contributed by atoms with Crippen LogP contribution in [0.4, 0.5) is 0 Å². The molecule has 0 aliphatic heterocycles. The number of aryl methyl sites for hydroxylation is 1. The number of carboxylic acids is 1. The number of carbonyl (C=O) groups is 1. The fraction of sp³-hybridized carbons (Fsp3) is 0.167. The zero-order valence-corrected chi connectivity index (χ0v) is 10.3. The summed E-state index contributed by atoms with van der Waals surface area (Å²) in [6.07, 6.45) is 0. The first kappa shape index (κ1) is 12.4. The second-order valence-electron chi connectivity index (χ2n) is 3.59. The van der Waals surface area contributed by atoms with Gasteiger partial charge in [-0.1, -0.05) is 28.9 Å². The van der Waals surface area contributed by atoms with E-state index in [2.05, 4.69) is 5.16 Å². The van der Waals surface area contributed by atoms with Gasteiger partial charge in [-0.25, -0.2) is 4.79 Å². The summed E-state index contributed by atoms with van der Waals surface area (Å²) in [5.41, 5.74) is 0.266. The van der Waals surface area contributed by atoms with E-state index in [1.165, 1.54) is 0 Å². The summed E-state index contributed by atoms with van der Waals surface area (Å²) in [4.78, 5) is 10.9. The zero-order valence-electron chi connectivity index (χ0n) is 9.51. The molecule has 0 fully saturated rings. The first-order valence-electron chi connectivity index (χ1n) is 5.15. The number of carboxylic acid groups (broad SMARTS) is 1. The Bertz CT molecular complexity index is 579.